The average Bonchev–Trinajstić information content (AvgIpc) is 3.29. The number of amides is 1. The molecule has 0 spiro atoms. The Kier molecular flexibility index (Phi) is 4.97. The fourth-order valence-electron chi connectivity index (χ4n) is 2.27. The Morgan fingerprint density at radius 3 is 2.79 bits per heavy atom. The van der Waals surface area contributed by atoms with Gasteiger partial charge in [-0.2, -0.15) is 0 Å². The van der Waals surface area contributed by atoms with E-state index in [2.05, 4.69) is 20.8 Å². The summed E-state index contributed by atoms with van der Waals surface area (Å²) in [7, 11) is 0. The van der Waals surface area contributed by atoms with E-state index in [0.29, 0.717) is 18.7 Å². The number of furan rings is 1. The number of rotatable bonds is 7. The minimum atomic E-state index is -0.712. The zero-order chi connectivity index (χ0) is 16.8. The van der Waals surface area contributed by atoms with Gasteiger partial charge in [-0.1, -0.05) is 12.1 Å². The lowest BCUT2D eigenvalue weighted by Gasteiger charge is -2.09. The fraction of sp³-hybridized carbons (Fsp3) is 0.250. The van der Waals surface area contributed by atoms with Crippen LogP contribution in [-0.2, 0) is 11.2 Å². The largest absolute Gasteiger partial charge is 0.467 e. The summed E-state index contributed by atoms with van der Waals surface area (Å²) in [6, 6.07) is 10.8. The van der Waals surface area contributed by atoms with Gasteiger partial charge in [-0.3, -0.25) is 4.79 Å². The molecular formula is C16H17N5O3. The molecule has 8 heteroatoms. The number of aliphatic hydroxyl groups excluding tert-OH is 1. The topological polar surface area (TPSA) is 106 Å². The minimum absolute atomic E-state index is 0.100. The van der Waals surface area contributed by atoms with Gasteiger partial charge in [0, 0.05) is 6.54 Å². The maximum atomic E-state index is 11.9. The molecule has 0 aliphatic heterocycles. The molecule has 0 aliphatic carbocycles. The maximum absolute atomic E-state index is 11.9. The molecule has 1 aromatic carbocycles. The summed E-state index contributed by atoms with van der Waals surface area (Å²) in [5, 5.41) is 23.6. The first-order chi connectivity index (χ1) is 11.7. The highest BCUT2D eigenvalue weighted by atomic mass is 16.4. The molecule has 0 fully saturated rings. The summed E-state index contributed by atoms with van der Waals surface area (Å²) in [6.45, 7) is 0.378. The zero-order valence-electron chi connectivity index (χ0n) is 12.9. The second-order valence-electron chi connectivity index (χ2n) is 5.27. The number of tetrazole rings is 1. The first kappa shape index (κ1) is 15.9. The first-order valence-corrected chi connectivity index (χ1v) is 7.53. The van der Waals surface area contributed by atoms with Crippen molar-refractivity contribution in [2.45, 2.75) is 18.9 Å². The molecule has 8 nitrogen and oxygen atoms in total. The Bertz CT molecular complexity index is 754. The van der Waals surface area contributed by atoms with E-state index < -0.39 is 6.10 Å². The van der Waals surface area contributed by atoms with Gasteiger partial charge in [0.05, 0.1) is 18.4 Å². The molecule has 0 bridgehead atoms. The van der Waals surface area contributed by atoms with Gasteiger partial charge in [-0.15, -0.1) is 5.10 Å². The fourth-order valence-corrected chi connectivity index (χ4v) is 2.27. The van der Waals surface area contributed by atoms with Crippen LogP contribution in [0.15, 0.2) is 53.4 Å². The lowest BCUT2D eigenvalue weighted by atomic mass is 10.1. The van der Waals surface area contributed by atoms with Crippen molar-refractivity contribution in [1.29, 1.82) is 0 Å². The van der Waals surface area contributed by atoms with Gasteiger partial charge in [-0.25, -0.2) is 4.68 Å². The number of aliphatic hydroxyl groups is 1. The number of nitrogens with zero attached hydrogens (tertiary/aromatic N) is 4. The highest BCUT2D eigenvalue weighted by molar-refractivity contribution is 5.78. The van der Waals surface area contributed by atoms with Crippen LogP contribution in [0.25, 0.3) is 5.69 Å². The second-order valence-corrected chi connectivity index (χ2v) is 5.27. The monoisotopic (exact) mass is 327 g/mol. The molecule has 1 amide bonds. The van der Waals surface area contributed by atoms with E-state index in [1.807, 2.05) is 24.3 Å². The number of nitrogens with one attached hydrogen (secondary N) is 1. The van der Waals surface area contributed by atoms with E-state index in [0.717, 1.165) is 11.3 Å². The molecule has 0 unspecified atom stereocenters. The Morgan fingerprint density at radius 1 is 1.29 bits per heavy atom. The van der Waals surface area contributed by atoms with Crippen LogP contribution in [0.4, 0.5) is 0 Å². The van der Waals surface area contributed by atoms with E-state index in [4.69, 9.17) is 4.42 Å². The number of aromatic nitrogens is 4. The van der Waals surface area contributed by atoms with Crippen molar-refractivity contribution in [1.82, 2.24) is 25.5 Å². The van der Waals surface area contributed by atoms with Crippen molar-refractivity contribution in [3.8, 4) is 5.69 Å². The second kappa shape index (κ2) is 7.51. The molecule has 3 aromatic rings. The van der Waals surface area contributed by atoms with E-state index in [-0.39, 0.29) is 12.3 Å². The summed E-state index contributed by atoms with van der Waals surface area (Å²) < 4.78 is 6.65. The van der Waals surface area contributed by atoms with Crippen molar-refractivity contribution < 1.29 is 14.3 Å². The maximum Gasteiger partial charge on any atom is 0.224 e. The van der Waals surface area contributed by atoms with Crippen LogP contribution >= 0.6 is 0 Å². The number of carbonyl (C=O) groups excluding carboxylic acids is 1. The van der Waals surface area contributed by atoms with Gasteiger partial charge in [-0.05, 0) is 46.7 Å². The van der Waals surface area contributed by atoms with E-state index in [1.54, 1.807) is 16.8 Å². The van der Waals surface area contributed by atoms with Gasteiger partial charge < -0.3 is 14.8 Å². The van der Waals surface area contributed by atoms with E-state index >= 15 is 0 Å². The molecule has 124 valence electrons. The molecular weight excluding hydrogens is 310 g/mol. The SMILES string of the molecule is O=C(Cc1ccc(-n2cnnn2)cc1)NCC[C@H](O)c1ccco1. The lowest BCUT2D eigenvalue weighted by Crippen LogP contribution is -2.27. The van der Waals surface area contributed by atoms with E-state index in [9.17, 15) is 9.90 Å². The van der Waals surface area contributed by atoms with Crippen molar-refractivity contribution >= 4 is 5.91 Å². The Morgan fingerprint density at radius 2 is 2.12 bits per heavy atom. The van der Waals surface area contributed by atoms with Crippen LogP contribution < -0.4 is 5.32 Å². The molecule has 0 saturated carbocycles. The van der Waals surface area contributed by atoms with Crippen LogP contribution in [0.2, 0.25) is 0 Å². The van der Waals surface area contributed by atoms with Crippen molar-refractivity contribution in [2.24, 2.45) is 0 Å². The third-order valence-corrected chi connectivity index (χ3v) is 3.53. The molecule has 2 heterocycles. The van der Waals surface area contributed by atoms with Gasteiger partial charge in [0.2, 0.25) is 5.91 Å². The lowest BCUT2D eigenvalue weighted by molar-refractivity contribution is -0.120. The summed E-state index contributed by atoms with van der Waals surface area (Å²) in [5.74, 6) is 0.402. The summed E-state index contributed by atoms with van der Waals surface area (Å²) in [4.78, 5) is 11.9. The predicted octanol–water partition coefficient (Wildman–Crippen LogP) is 1.04. The standard InChI is InChI=1S/C16H17N5O3/c22-14(15-2-1-9-24-15)7-8-17-16(23)10-12-3-5-13(6-4-12)21-11-18-19-20-21/h1-6,9,11,14,22H,7-8,10H2,(H,17,23)/t14-/m0/s1. The number of hydrogen-bond donors (Lipinski definition) is 2. The quantitative estimate of drug-likeness (QED) is 0.671. The summed E-state index contributed by atoms with van der Waals surface area (Å²) in [6.07, 6.45) is 2.97. The molecule has 0 radical (unpaired) electrons. The van der Waals surface area contributed by atoms with Crippen LogP contribution in [0.5, 0.6) is 0 Å². The third-order valence-electron chi connectivity index (χ3n) is 3.53. The van der Waals surface area contributed by atoms with Crippen LogP contribution in [0.1, 0.15) is 23.8 Å². The molecule has 2 N–H and O–H groups in total. The molecule has 24 heavy (non-hydrogen) atoms. The number of benzene rings is 1. The van der Waals surface area contributed by atoms with E-state index in [1.165, 1.54) is 12.6 Å². The van der Waals surface area contributed by atoms with Crippen molar-refractivity contribution in [3.63, 3.8) is 0 Å². The Hall–Kier alpha value is -3.00. The van der Waals surface area contributed by atoms with Crippen LogP contribution in [-0.4, -0.2) is 37.8 Å². The number of hydrogen-bond acceptors (Lipinski definition) is 6. The summed E-state index contributed by atoms with van der Waals surface area (Å²) in [5.41, 5.74) is 1.71. The van der Waals surface area contributed by atoms with Gasteiger partial charge in [0.25, 0.3) is 0 Å². The van der Waals surface area contributed by atoms with Gasteiger partial charge in [0.1, 0.15) is 18.2 Å². The minimum Gasteiger partial charge on any atom is -0.467 e. The highest BCUT2D eigenvalue weighted by Gasteiger charge is 2.11. The predicted molar refractivity (Wildman–Crippen MR) is 84.2 cm³/mol. The molecule has 1 atom stereocenters. The van der Waals surface area contributed by atoms with Gasteiger partial charge in [0.15, 0.2) is 0 Å². The molecule has 0 aliphatic rings. The van der Waals surface area contributed by atoms with Crippen LogP contribution in [0.3, 0.4) is 0 Å². The molecule has 0 saturated heterocycles. The average molecular weight is 327 g/mol. The number of carbonyl (C=O) groups is 1. The highest BCUT2D eigenvalue weighted by Crippen LogP contribution is 2.15. The Balaban J connectivity index is 1.45. The van der Waals surface area contributed by atoms with Crippen molar-refractivity contribution in [2.75, 3.05) is 6.54 Å². The Labute approximate surface area is 138 Å². The normalized spacial score (nSPS) is 12.0. The summed E-state index contributed by atoms with van der Waals surface area (Å²) >= 11 is 0. The first-order valence-electron chi connectivity index (χ1n) is 7.53. The third kappa shape index (κ3) is 4.05. The van der Waals surface area contributed by atoms with Crippen molar-refractivity contribution in [3.05, 3.63) is 60.3 Å². The van der Waals surface area contributed by atoms with Crippen LogP contribution in [0, 0.1) is 0 Å². The molecule has 3 rings (SSSR count). The van der Waals surface area contributed by atoms with Gasteiger partial charge >= 0.3 is 0 Å². The molecule has 2 aromatic heterocycles. The smallest absolute Gasteiger partial charge is 0.224 e. The zero-order valence-corrected chi connectivity index (χ0v) is 12.9.